The Balaban J connectivity index is 1.26. The lowest BCUT2D eigenvalue weighted by atomic mass is 10.1. The van der Waals surface area contributed by atoms with Crippen molar-refractivity contribution in [1.82, 2.24) is 14.7 Å². The highest BCUT2D eigenvalue weighted by molar-refractivity contribution is 7.15. The summed E-state index contributed by atoms with van der Waals surface area (Å²) in [6.07, 6.45) is 5.99. The molecule has 164 valence electrons. The molecule has 0 saturated carbocycles. The van der Waals surface area contributed by atoms with Crippen LogP contribution in [0.15, 0.2) is 66.3 Å². The molecule has 2 aromatic carbocycles. The standard InChI is InChI=1S/C24H24N4O3S/c1-2-3-13-31-20-10-6-18(7-11-20)23(30)25-15-22(29)26-19-8-4-17(5-9-19)21-16-28-12-14-32-24(28)27-21/h4-12,14,16H,2-3,13,15H2,1H3,(H,25,30)(H,26,29). The topological polar surface area (TPSA) is 84.7 Å². The molecule has 0 aliphatic carbocycles. The molecular formula is C24H24N4O3S. The van der Waals surface area contributed by atoms with Crippen molar-refractivity contribution in [2.45, 2.75) is 19.8 Å². The van der Waals surface area contributed by atoms with Gasteiger partial charge in [-0.1, -0.05) is 25.5 Å². The Morgan fingerprint density at radius 3 is 2.59 bits per heavy atom. The van der Waals surface area contributed by atoms with Gasteiger partial charge in [-0.2, -0.15) is 0 Å². The molecular weight excluding hydrogens is 424 g/mol. The lowest BCUT2D eigenvalue weighted by Crippen LogP contribution is -2.32. The molecule has 2 heterocycles. The number of thiazole rings is 1. The molecule has 8 heteroatoms. The van der Waals surface area contributed by atoms with E-state index in [1.54, 1.807) is 35.6 Å². The second-order valence-electron chi connectivity index (χ2n) is 7.25. The minimum absolute atomic E-state index is 0.118. The smallest absolute Gasteiger partial charge is 0.251 e. The normalized spacial score (nSPS) is 10.8. The van der Waals surface area contributed by atoms with Crippen molar-refractivity contribution in [3.63, 3.8) is 0 Å². The van der Waals surface area contributed by atoms with Crippen molar-refractivity contribution in [2.75, 3.05) is 18.5 Å². The van der Waals surface area contributed by atoms with Crippen LogP contribution in [0.25, 0.3) is 16.2 Å². The highest BCUT2D eigenvalue weighted by atomic mass is 32.1. The second kappa shape index (κ2) is 10.1. The van der Waals surface area contributed by atoms with Crippen LogP contribution in [0.5, 0.6) is 5.75 Å². The van der Waals surface area contributed by atoms with Gasteiger partial charge in [0.25, 0.3) is 5.91 Å². The summed E-state index contributed by atoms with van der Waals surface area (Å²) in [4.78, 5) is 30.0. The van der Waals surface area contributed by atoms with E-state index in [1.807, 2.05) is 46.4 Å². The Morgan fingerprint density at radius 1 is 1.09 bits per heavy atom. The number of aromatic nitrogens is 2. The third kappa shape index (κ3) is 5.33. The van der Waals surface area contributed by atoms with Crippen LogP contribution in [0, 0.1) is 0 Å². The van der Waals surface area contributed by atoms with Gasteiger partial charge in [-0.3, -0.25) is 14.0 Å². The molecule has 0 radical (unpaired) electrons. The predicted molar refractivity (Wildman–Crippen MR) is 126 cm³/mol. The summed E-state index contributed by atoms with van der Waals surface area (Å²) in [6.45, 7) is 2.64. The fraction of sp³-hybridized carbons (Fsp3) is 0.208. The zero-order valence-corrected chi connectivity index (χ0v) is 18.5. The molecule has 32 heavy (non-hydrogen) atoms. The largest absolute Gasteiger partial charge is 0.494 e. The van der Waals surface area contributed by atoms with Crippen LogP contribution in [0.2, 0.25) is 0 Å². The Kier molecular flexibility index (Phi) is 6.81. The van der Waals surface area contributed by atoms with Crippen LogP contribution in [0.3, 0.4) is 0 Å². The molecule has 0 aliphatic rings. The van der Waals surface area contributed by atoms with Gasteiger partial charge in [0, 0.05) is 34.6 Å². The van der Waals surface area contributed by atoms with Crippen LogP contribution in [0.4, 0.5) is 5.69 Å². The van der Waals surface area contributed by atoms with E-state index in [4.69, 9.17) is 4.74 Å². The fourth-order valence-electron chi connectivity index (χ4n) is 3.10. The number of imidazole rings is 1. The molecule has 0 unspecified atom stereocenters. The number of nitrogens with zero attached hydrogens (tertiary/aromatic N) is 2. The molecule has 2 N–H and O–H groups in total. The van der Waals surface area contributed by atoms with Crippen molar-refractivity contribution < 1.29 is 14.3 Å². The number of hydrogen-bond donors (Lipinski definition) is 2. The molecule has 7 nitrogen and oxygen atoms in total. The van der Waals surface area contributed by atoms with E-state index in [0.29, 0.717) is 17.9 Å². The molecule has 0 spiro atoms. The van der Waals surface area contributed by atoms with Gasteiger partial charge in [-0.25, -0.2) is 4.98 Å². The Labute approximate surface area is 190 Å². The number of rotatable bonds is 9. The van der Waals surface area contributed by atoms with Gasteiger partial charge in [-0.15, -0.1) is 11.3 Å². The maximum absolute atomic E-state index is 12.3. The highest BCUT2D eigenvalue weighted by Crippen LogP contribution is 2.23. The van der Waals surface area contributed by atoms with E-state index in [9.17, 15) is 9.59 Å². The third-order valence-electron chi connectivity index (χ3n) is 4.85. The van der Waals surface area contributed by atoms with Crippen molar-refractivity contribution in [3.05, 3.63) is 71.9 Å². The molecule has 4 rings (SSSR count). The van der Waals surface area contributed by atoms with Crippen LogP contribution in [0.1, 0.15) is 30.1 Å². The minimum atomic E-state index is -0.310. The van der Waals surface area contributed by atoms with Crippen LogP contribution < -0.4 is 15.4 Å². The van der Waals surface area contributed by atoms with Gasteiger partial charge < -0.3 is 15.4 Å². The van der Waals surface area contributed by atoms with Crippen LogP contribution in [-0.2, 0) is 4.79 Å². The van der Waals surface area contributed by atoms with E-state index >= 15 is 0 Å². The number of amides is 2. The number of hydrogen-bond acceptors (Lipinski definition) is 5. The number of benzene rings is 2. The molecule has 0 aliphatic heterocycles. The number of carbonyl (C=O) groups excluding carboxylic acids is 2. The van der Waals surface area contributed by atoms with Crippen LogP contribution >= 0.6 is 11.3 Å². The minimum Gasteiger partial charge on any atom is -0.494 e. The molecule has 2 amide bonds. The first-order valence-corrected chi connectivity index (χ1v) is 11.3. The first-order valence-electron chi connectivity index (χ1n) is 10.5. The van der Waals surface area contributed by atoms with Gasteiger partial charge in [0.2, 0.25) is 5.91 Å². The number of nitrogens with one attached hydrogen (secondary N) is 2. The molecule has 4 aromatic rings. The zero-order chi connectivity index (χ0) is 22.3. The van der Waals surface area contributed by atoms with Gasteiger partial charge in [-0.05, 0) is 42.8 Å². The number of fused-ring (bicyclic) bond motifs is 1. The number of anilines is 1. The van der Waals surface area contributed by atoms with E-state index in [1.165, 1.54) is 0 Å². The van der Waals surface area contributed by atoms with Crippen molar-refractivity contribution in [3.8, 4) is 17.0 Å². The zero-order valence-electron chi connectivity index (χ0n) is 17.7. The lowest BCUT2D eigenvalue weighted by molar-refractivity contribution is -0.115. The average Bonchev–Trinajstić information content (AvgIpc) is 3.41. The summed E-state index contributed by atoms with van der Waals surface area (Å²) in [5.41, 5.74) is 2.98. The summed E-state index contributed by atoms with van der Waals surface area (Å²) in [5.74, 6) is 0.120. The van der Waals surface area contributed by atoms with Gasteiger partial charge in [0.05, 0.1) is 18.8 Å². The molecule has 0 bridgehead atoms. The Hall–Kier alpha value is -3.65. The van der Waals surface area contributed by atoms with Gasteiger partial charge in [0.1, 0.15) is 5.75 Å². The summed E-state index contributed by atoms with van der Waals surface area (Å²) in [6, 6.07) is 14.3. The maximum atomic E-state index is 12.3. The van der Waals surface area contributed by atoms with Crippen molar-refractivity contribution in [2.24, 2.45) is 0 Å². The Morgan fingerprint density at radius 2 is 1.88 bits per heavy atom. The fourth-order valence-corrected chi connectivity index (χ4v) is 3.80. The van der Waals surface area contributed by atoms with E-state index in [0.717, 1.165) is 34.8 Å². The third-order valence-corrected chi connectivity index (χ3v) is 5.62. The summed E-state index contributed by atoms with van der Waals surface area (Å²) >= 11 is 1.58. The average molecular weight is 449 g/mol. The predicted octanol–water partition coefficient (Wildman–Crippen LogP) is 4.61. The van der Waals surface area contributed by atoms with E-state index in [2.05, 4.69) is 22.5 Å². The van der Waals surface area contributed by atoms with Gasteiger partial charge in [0.15, 0.2) is 4.96 Å². The lowest BCUT2D eigenvalue weighted by Gasteiger charge is -2.09. The summed E-state index contributed by atoms with van der Waals surface area (Å²) in [7, 11) is 0. The second-order valence-corrected chi connectivity index (χ2v) is 8.13. The molecule has 2 aromatic heterocycles. The molecule has 0 fully saturated rings. The number of unbranched alkanes of at least 4 members (excludes halogenated alkanes) is 1. The summed E-state index contributed by atoms with van der Waals surface area (Å²) < 4.78 is 7.57. The molecule has 0 atom stereocenters. The van der Waals surface area contributed by atoms with Crippen molar-refractivity contribution in [1.29, 1.82) is 0 Å². The van der Waals surface area contributed by atoms with Crippen molar-refractivity contribution >= 4 is 33.8 Å². The molecule has 0 saturated heterocycles. The monoisotopic (exact) mass is 448 g/mol. The quantitative estimate of drug-likeness (QED) is 0.366. The first kappa shape index (κ1) is 21.6. The number of carbonyl (C=O) groups is 2. The maximum Gasteiger partial charge on any atom is 0.251 e. The van der Waals surface area contributed by atoms with E-state index in [-0.39, 0.29) is 18.4 Å². The SMILES string of the molecule is CCCCOc1ccc(C(=O)NCC(=O)Nc2ccc(-c3cn4ccsc4n3)cc2)cc1. The number of ether oxygens (including phenoxy) is 1. The highest BCUT2D eigenvalue weighted by Gasteiger charge is 2.10. The van der Waals surface area contributed by atoms with Crippen LogP contribution in [-0.4, -0.2) is 34.4 Å². The summed E-state index contributed by atoms with van der Waals surface area (Å²) in [5, 5.41) is 7.41. The Bertz CT molecular complexity index is 1170. The van der Waals surface area contributed by atoms with E-state index < -0.39 is 0 Å². The van der Waals surface area contributed by atoms with Gasteiger partial charge >= 0.3 is 0 Å². The first-order chi connectivity index (χ1) is 15.6.